The van der Waals surface area contributed by atoms with Crippen LogP contribution in [0.15, 0.2) is 39.9 Å². The molecule has 0 saturated carbocycles. The molecule has 5 nitrogen and oxygen atoms in total. The van der Waals surface area contributed by atoms with Gasteiger partial charge in [0.05, 0.1) is 0 Å². The second-order valence-corrected chi connectivity index (χ2v) is 6.35. The molecule has 0 aliphatic carbocycles. The average Bonchev–Trinajstić information content (AvgIpc) is 2.90. The summed E-state index contributed by atoms with van der Waals surface area (Å²) in [5.74, 6) is 0.775. The van der Waals surface area contributed by atoms with Crippen LogP contribution in [0.3, 0.4) is 0 Å². The van der Waals surface area contributed by atoms with Crippen molar-refractivity contribution in [2.75, 3.05) is 11.5 Å². The Labute approximate surface area is 108 Å². The zero-order valence-electron chi connectivity index (χ0n) is 9.12. The topological polar surface area (TPSA) is 64.6 Å². The van der Waals surface area contributed by atoms with E-state index in [2.05, 4.69) is 4.72 Å². The van der Waals surface area contributed by atoms with E-state index in [-0.39, 0.29) is 11.0 Å². The van der Waals surface area contributed by atoms with Gasteiger partial charge >= 0.3 is 0 Å². The van der Waals surface area contributed by atoms with Crippen molar-refractivity contribution in [2.24, 2.45) is 0 Å². The third kappa shape index (κ3) is 1.91. The predicted molar refractivity (Wildman–Crippen MR) is 67.7 cm³/mol. The molecule has 0 bridgehead atoms. The molecule has 18 heavy (non-hydrogen) atoms. The number of hydrogen-bond donors (Lipinski definition) is 1. The van der Waals surface area contributed by atoms with Crippen molar-refractivity contribution >= 4 is 27.0 Å². The highest BCUT2D eigenvalue weighted by molar-refractivity contribution is 7.94. The van der Waals surface area contributed by atoms with Gasteiger partial charge in [0.25, 0.3) is 10.0 Å². The van der Waals surface area contributed by atoms with Crippen LogP contribution in [-0.2, 0) is 10.0 Å². The van der Waals surface area contributed by atoms with Crippen LogP contribution in [0.2, 0.25) is 0 Å². The normalized spacial score (nSPS) is 13.6. The molecule has 1 N–H and O–H groups in total. The molecule has 1 aromatic heterocycles. The van der Waals surface area contributed by atoms with Crippen LogP contribution >= 0.6 is 11.3 Å². The maximum Gasteiger partial charge on any atom is 0.275 e. The van der Waals surface area contributed by atoms with Gasteiger partial charge in [0, 0.05) is 11.1 Å². The van der Waals surface area contributed by atoms with Gasteiger partial charge in [-0.2, -0.15) is 0 Å². The van der Waals surface area contributed by atoms with E-state index in [1.165, 1.54) is 0 Å². The molecule has 0 saturated heterocycles. The van der Waals surface area contributed by atoms with Crippen molar-refractivity contribution in [3.05, 3.63) is 35.7 Å². The van der Waals surface area contributed by atoms with Crippen LogP contribution in [0.4, 0.5) is 5.69 Å². The summed E-state index contributed by atoms with van der Waals surface area (Å²) >= 11 is 1.08. The summed E-state index contributed by atoms with van der Waals surface area (Å²) in [7, 11) is -3.63. The van der Waals surface area contributed by atoms with Gasteiger partial charge in [0.2, 0.25) is 6.79 Å². The summed E-state index contributed by atoms with van der Waals surface area (Å²) in [5.41, 5.74) is 0.513. The van der Waals surface area contributed by atoms with Gasteiger partial charge in [-0.3, -0.25) is 4.72 Å². The fourth-order valence-corrected chi connectivity index (χ4v) is 3.96. The third-order valence-corrected chi connectivity index (χ3v) is 5.23. The van der Waals surface area contributed by atoms with Gasteiger partial charge in [-0.05, 0) is 12.1 Å². The maximum atomic E-state index is 12.2. The number of sulfonamides is 1. The number of hydrogen-bond acceptors (Lipinski definition) is 5. The summed E-state index contributed by atoms with van der Waals surface area (Å²) in [6, 6.07) is 8.70. The lowest BCUT2D eigenvalue weighted by Gasteiger charge is -2.06. The van der Waals surface area contributed by atoms with Gasteiger partial charge in [-0.25, -0.2) is 8.42 Å². The van der Waals surface area contributed by atoms with Gasteiger partial charge < -0.3 is 9.47 Å². The van der Waals surface area contributed by atoms with Crippen molar-refractivity contribution in [1.82, 2.24) is 0 Å². The smallest absolute Gasteiger partial charge is 0.275 e. The molecule has 2 heterocycles. The van der Waals surface area contributed by atoms with Crippen LogP contribution < -0.4 is 14.2 Å². The van der Waals surface area contributed by atoms with Gasteiger partial charge in [0.1, 0.15) is 0 Å². The second kappa shape index (κ2) is 4.18. The minimum atomic E-state index is -3.63. The Morgan fingerprint density at radius 3 is 2.72 bits per heavy atom. The lowest BCUT2D eigenvalue weighted by molar-refractivity contribution is 0.172. The van der Waals surface area contributed by atoms with Crippen LogP contribution in [0, 0.1) is 0 Å². The first-order valence-electron chi connectivity index (χ1n) is 5.12. The molecule has 94 valence electrons. The summed E-state index contributed by atoms with van der Waals surface area (Å²) in [6.07, 6.45) is 0. The minimum absolute atomic E-state index is 0.0616. The second-order valence-electron chi connectivity index (χ2n) is 3.59. The average molecular weight is 283 g/mol. The predicted octanol–water partition coefficient (Wildman–Crippen LogP) is 2.28. The highest BCUT2D eigenvalue weighted by Crippen LogP contribution is 2.43. The van der Waals surface area contributed by atoms with Crippen LogP contribution in [0.5, 0.6) is 11.5 Å². The zero-order chi connectivity index (χ0) is 12.6. The zero-order valence-corrected chi connectivity index (χ0v) is 10.8. The quantitative estimate of drug-likeness (QED) is 0.938. The Hall–Kier alpha value is -1.73. The lowest BCUT2D eigenvalue weighted by Crippen LogP contribution is -2.12. The standard InChI is InChI=1S/C11H9NO4S2/c13-18(14,12-8-4-2-1-3-5-8)11-10-9(6-17-11)15-7-16-10/h1-6,12H,7H2. The van der Waals surface area contributed by atoms with E-state index in [9.17, 15) is 8.42 Å². The largest absolute Gasteiger partial charge is 0.453 e. The van der Waals surface area contributed by atoms with E-state index in [0.717, 1.165) is 11.3 Å². The molecule has 1 aliphatic rings. The first-order chi connectivity index (χ1) is 8.67. The minimum Gasteiger partial charge on any atom is -0.453 e. The number of fused-ring (bicyclic) bond motifs is 1. The monoisotopic (exact) mass is 283 g/mol. The molecule has 0 radical (unpaired) electrons. The summed E-state index contributed by atoms with van der Waals surface area (Å²) in [6.45, 7) is 0.0616. The Bertz CT molecular complexity index is 664. The maximum absolute atomic E-state index is 12.2. The number of benzene rings is 1. The van der Waals surface area contributed by atoms with Crippen LogP contribution in [-0.4, -0.2) is 15.2 Å². The SMILES string of the molecule is O=S(=O)(Nc1ccccc1)c1scc2c1OCO2. The number of ether oxygens (including phenoxy) is 2. The molecule has 1 aromatic carbocycles. The van der Waals surface area contributed by atoms with Crippen molar-refractivity contribution in [3.8, 4) is 11.5 Å². The fourth-order valence-electron chi connectivity index (χ4n) is 1.59. The number of para-hydroxylation sites is 1. The van der Waals surface area contributed by atoms with E-state index in [4.69, 9.17) is 9.47 Å². The summed E-state index contributed by atoms with van der Waals surface area (Å²) in [4.78, 5) is 0. The number of nitrogens with one attached hydrogen (secondary N) is 1. The van der Waals surface area contributed by atoms with E-state index in [0.29, 0.717) is 17.2 Å². The van der Waals surface area contributed by atoms with Crippen LogP contribution in [0.25, 0.3) is 0 Å². The van der Waals surface area contributed by atoms with Gasteiger partial charge in [-0.1, -0.05) is 18.2 Å². The van der Waals surface area contributed by atoms with Crippen LogP contribution in [0.1, 0.15) is 0 Å². The number of anilines is 1. The van der Waals surface area contributed by atoms with E-state index in [1.54, 1.807) is 29.6 Å². The lowest BCUT2D eigenvalue weighted by atomic mass is 10.3. The van der Waals surface area contributed by atoms with E-state index < -0.39 is 10.0 Å². The number of rotatable bonds is 3. The highest BCUT2D eigenvalue weighted by Gasteiger charge is 2.29. The summed E-state index contributed by atoms with van der Waals surface area (Å²) < 4.78 is 37.3. The molecule has 0 unspecified atom stereocenters. The molecular formula is C11H9NO4S2. The van der Waals surface area contributed by atoms with Gasteiger partial charge in [-0.15, -0.1) is 11.3 Å². The molecule has 3 rings (SSSR count). The fraction of sp³-hybridized carbons (Fsp3) is 0.0909. The van der Waals surface area contributed by atoms with E-state index in [1.807, 2.05) is 6.07 Å². The van der Waals surface area contributed by atoms with E-state index >= 15 is 0 Å². The Balaban J connectivity index is 1.95. The highest BCUT2D eigenvalue weighted by atomic mass is 32.2. The van der Waals surface area contributed by atoms with Crippen molar-refractivity contribution in [3.63, 3.8) is 0 Å². The molecule has 0 spiro atoms. The van der Waals surface area contributed by atoms with Crippen molar-refractivity contribution < 1.29 is 17.9 Å². The first kappa shape index (κ1) is 11.4. The molecular weight excluding hydrogens is 274 g/mol. The Kier molecular flexibility index (Phi) is 2.64. The molecule has 7 heteroatoms. The Morgan fingerprint density at radius 1 is 1.17 bits per heavy atom. The molecule has 1 aliphatic heterocycles. The van der Waals surface area contributed by atoms with Crippen molar-refractivity contribution in [1.29, 1.82) is 0 Å². The molecule has 2 aromatic rings. The van der Waals surface area contributed by atoms with Gasteiger partial charge in [0.15, 0.2) is 15.7 Å². The first-order valence-corrected chi connectivity index (χ1v) is 7.48. The van der Waals surface area contributed by atoms with Crippen molar-refractivity contribution in [2.45, 2.75) is 4.21 Å². The molecule has 0 amide bonds. The Morgan fingerprint density at radius 2 is 1.94 bits per heavy atom. The third-order valence-electron chi connectivity index (χ3n) is 2.37. The summed E-state index contributed by atoms with van der Waals surface area (Å²) in [5, 5.41) is 1.63. The number of thiophene rings is 1. The molecule has 0 atom stereocenters. The molecule has 0 fully saturated rings.